The molecule has 1 fully saturated rings. The number of benzene rings is 1. The van der Waals surface area contributed by atoms with E-state index in [0.717, 1.165) is 0 Å². The fraction of sp³-hybridized carbons (Fsp3) is 0.273. The van der Waals surface area contributed by atoms with Crippen molar-refractivity contribution in [2.24, 2.45) is 0 Å². The van der Waals surface area contributed by atoms with Gasteiger partial charge in [0.25, 0.3) is 0 Å². The second-order valence-corrected chi connectivity index (χ2v) is 3.67. The first-order valence-corrected chi connectivity index (χ1v) is 5.05. The number of imide groups is 1. The third-order valence-corrected chi connectivity index (χ3v) is 2.47. The highest BCUT2D eigenvalue weighted by Crippen LogP contribution is 2.23. The van der Waals surface area contributed by atoms with Crippen LogP contribution < -0.4 is 10.6 Å². The number of carbonyl (C=O) groups excluding carboxylic acids is 2. The van der Waals surface area contributed by atoms with Crippen molar-refractivity contribution in [1.82, 2.24) is 5.32 Å². The van der Waals surface area contributed by atoms with Crippen molar-refractivity contribution in [3.05, 3.63) is 24.3 Å². The summed E-state index contributed by atoms with van der Waals surface area (Å²) in [4.78, 5) is 22.4. The molecule has 0 spiro atoms. The molecule has 16 heavy (non-hydrogen) atoms. The Morgan fingerprint density at radius 2 is 2.06 bits per heavy atom. The molecule has 3 N–H and O–H groups in total. The Balaban J connectivity index is 2.08. The number of carbonyl (C=O) groups is 2. The maximum Gasteiger partial charge on any atom is 0.249 e. The molecule has 1 atom stereocenters. The number of hydrogen-bond donors (Lipinski definition) is 3. The molecule has 1 aromatic carbocycles. The first-order chi connectivity index (χ1) is 7.66. The molecule has 1 aliphatic heterocycles. The second kappa shape index (κ2) is 4.22. The maximum atomic E-state index is 11.4. The van der Waals surface area contributed by atoms with E-state index < -0.39 is 6.04 Å². The number of rotatable bonds is 2. The molecule has 0 saturated carbocycles. The number of para-hydroxylation sites is 2. The van der Waals surface area contributed by atoms with Gasteiger partial charge < -0.3 is 10.4 Å². The van der Waals surface area contributed by atoms with Crippen LogP contribution in [0.5, 0.6) is 5.75 Å². The van der Waals surface area contributed by atoms with E-state index in [2.05, 4.69) is 10.6 Å². The summed E-state index contributed by atoms with van der Waals surface area (Å²) in [5, 5.41) is 14.7. The van der Waals surface area contributed by atoms with Crippen molar-refractivity contribution in [3.8, 4) is 5.75 Å². The maximum absolute atomic E-state index is 11.4. The predicted molar refractivity (Wildman–Crippen MR) is 57.9 cm³/mol. The SMILES string of the molecule is O=C1CCC(Nc2ccccc2O)C(=O)N1. The highest BCUT2D eigenvalue weighted by Gasteiger charge is 2.26. The Kier molecular flexibility index (Phi) is 2.76. The van der Waals surface area contributed by atoms with Gasteiger partial charge in [-0.15, -0.1) is 0 Å². The topological polar surface area (TPSA) is 78.4 Å². The summed E-state index contributed by atoms with van der Waals surface area (Å²) in [5.74, 6) is -0.507. The first-order valence-electron chi connectivity index (χ1n) is 5.05. The zero-order valence-corrected chi connectivity index (χ0v) is 8.56. The van der Waals surface area contributed by atoms with Gasteiger partial charge in [0.1, 0.15) is 11.8 Å². The van der Waals surface area contributed by atoms with Crippen LogP contribution in [0.15, 0.2) is 24.3 Å². The lowest BCUT2D eigenvalue weighted by Gasteiger charge is -2.23. The lowest BCUT2D eigenvalue weighted by Crippen LogP contribution is -2.47. The third-order valence-electron chi connectivity index (χ3n) is 2.47. The number of amides is 2. The summed E-state index contributed by atoms with van der Waals surface area (Å²) in [7, 11) is 0. The van der Waals surface area contributed by atoms with Gasteiger partial charge in [0.05, 0.1) is 5.69 Å². The Morgan fingerprint density at radius 1 is 1.31 bits per heavy atom. The van der Waals surface area contributed by atoms with Crippen LogP contribution >= 0.6 is 0 Å². The minimum Gasteiger partial charge on any atom is -0.506 e. The van der Waals surface area contributed by atoms with Crippen LogP contribution in [0.1, 0.15) is 12.8 Å². The molecule has 5 heteroatoms. The van der Waals surface area contributed by atoms with E-state index in [0.29, 0.717) is 18.5 Å². The Morgan fingerprint density at radius 3 is 2.75 bits per heavy atom. The summed E-state index contributed by atoms with van der Waals surface area (Å²) in [5.41, 5.74) is 0.497. The molecule has 1 aliphatic rings. The molecule has 0 bridgehead atoms. The summed E-state index contributed by atoms with van der Waals surface area (Å²) in [6, 6.07) is 6.21. The van der Waals surface area contributed by atoms with Crippen LogP contribution in [-0.4, -0.2) is 23.0 Å². The minimum absolute atomic E-state index is 0.0900. The van der Waals surface area contributed by atoms with Gasteiger partial charge in [-0.25, -0.2) is 0 Å². The number of nitrogens with one attached hydrogen (secondary N) is 2. The van der Waals surface area contributed by atoms with Gasteiger partial charge >= 0.3 is 0 Å². The van der Waals surface area contributed by atoms with Crippen LogP contribution in [0.4, 0.5) is 5.69 Å². The zero-order chi connectivity index (χ0) is 11.5. The summed E-state index contributed by atoms with van der Waals surface area (Å²) in [6.07, 6.45) is 0.760. The molecule has 1 aromatic rings. The minimum atomic E-state index is -0.467. The second-order valence-electron chi connectivity index (χ2n) is 3.67. The van der Waals surface area contributed by atoms with Gasteiger partial charge in [-0.1, -0.05) is 12.1 Å². The molecule has 1 heterocycles. The molecule has 0 radical (unpaired) electrons. The highest BCUT2D eigenvalue weighted by molar-refractivity contribution is 6.01. The Bertz CT molecular complexity index is 431. The molecular weight excluding hydrogens is 208 g/mol. The number of piperidine rings is 1. The summed E-state index contributed by atoms with van der Waals surface area (Å²) >= 11 is 0. The monoisotopic (exact) mass is 220 g/mol. The van der Waals surface area contributed by atoms with Gasteiger partial charge in [-0.3, -0.25) is 14.9 Å². The molecule has 0 aliphatic carbocycles. The van der Waals surface area contributed by atoms with Crippen molar-refractivity contribution in [1.29, 1.82) is 0 Å². The van der Waals surface area contributed by atoms with Gasteiger partial charge in [-0.2, -0.15) is 0 Å². The van der Waals surface area contributed by atoms with E-state index in [4.69, 9.17) is 0 Å². The van der Waals surface area contributed by atoms with Crippen molar-refractivity contribution >= 4 is 17.5 Å². The molecule has 5 nitrogen and oxygen atoms in total. The lowest BCUT2D eigenvalue weighted by atomic mass is 10.1. The molecule has 0 aromatic heterocycles. The molecule has 2 amide bonds. The quantitative estimate of drug-likeness (QED) is 0.504. The third kappa shape index (κ3) is 2.13. The van der Waals surface area contributed by atoms with Crippen molar-refractivity contribution in [2.75, 3.05) is 5.32 Å². The molecule has 1 unspecified atom stereocenters. The number of aromatic hydroxyl groups is 1. The first kappa shape index (κ1) is 10.5. The van der Waals surface area contributed by atoms with Crippen LogP contribution in [0.3, 0.4) is 0 Å². The molecular formula is C11H12N2O3. The van der Waals surface area contributed by atoms with Gasteiger partial charge in [0.15, 0.2) is 0 Å². The van der Waals surface area contributed by atoms with E-state index in [1.54, 1.807) is 18.2 Å². The number of anilines is 1. The number of phenolic OH excluding ortho intramolecular Hbond substituents is 1. The van der Waals surface area contributed by atoms with E-state index in [-0.39, 0.29) is 17.6 Å². The van der Waals surface area contributed by atoms with Crippen molar-refractivity contribution < 1.29 is 14.7 Å². The average molecular weight is 220 g/mol. The Labute approximate surface area is 92.5 Å². The number of hydrogen-bond acceptors (Lipinski definition) is 4. The fourth-order valence-electron chi connectivity index (χ4n) is 1.61. The van der Waals surface area contributed by atoms with E-state index in [1.807, 2.05) is 0 Å². The van der Waals surface area contributed by atoms with Crippen LogP contribution in [0.25, 0.3) is 0 Å². The molecule has 84 valence electrons. The van der Waals surface area contributed by atoms with Crippen molar-refractivity contribution in [3.63, 3.8) is 0 Å². The number of phenols is 1. The van der Waals surface area contributed by atoms with E-state index in [9.17, 15) is 14.7 Å². The summed E-state index contributed by atoms with van der Waals surface area (Å²) < 4.78 is 0. The predicted octanol–water partition coefficient (Wildman–Crippen LogP) is 0.609. The van der Waals surface area contributed by atoms with Crippen LogP contribution in [0.2, 0.25) is 0 Å². The van der Waals surface area contributed by atoms with E-state index >= 15 is 0 Å². The van der Waals surface area contributed by atoms with Gasteiger partial charge in [0.2, 0.25) is 11.8 Å². The smallest absolute Gasteiger partial charge is 0.249 e. The Hall–Kier alpha value is -2.04. The van der Waals surface area contributed by atoms with Crippen LogP contribution in [0, 0.1) is 0 Å². The summed E-state index contributed by atoms with van der Waals surface area (Å²) in [6.45, 7) is 0. The average Bonchev–Trinajstić information content (AvgIpc) is 2.25. The standard InChI is InChI=1S/C11H12N2O3/c14-9-4-2-1-3-7(9)12-8-5-6-10(15)13-11(8)16/h1-4,8,12,14H,5-6H2,(H,13,15,16). The van der Waals surface area contributed by atoms with Gasteiger partial charge in [0, 0.05) is 6.42 Å². The largest absolute Gasteiger partial charge is 0.506 e. The fourth-order valence-corrected chi connectivity index (χ4v) is 1.61. The van der Waals surface area contributed by atoms with E-state index in [1.165, 1.54) is 6.07 Å². The van der Waals surface area contributed by atoms with Crippen molar-refractivity contribution in [2.45, 2.75) is 18.9 Å². The lowest BCUT2D eigenvalue weighted by molar-refractivity contribution is -0.133. The molecule has 2 rings (SSSR count). The van der Waals surface area contributed by atoms with Crippen LogP contribution in [-0.2, 0) is 9.59 Å². The molecule has 1 saturated heterocycles. The normalized spacial score (nSPS) is 20.4. The highest BCUT2D eigenvalue weighted by atomic mass is 16.3. The zero-order valence-electron chi connectivity index (χ0n) is 8.56. The van der Waals surface area contributed by atoms with Gasteiger partial charge in [-0.05, 0) is 18.6 Å².